The molecule has 2 aromatic heterocycles. The Morgan fingerprint density at radius 1 is 1.36 bits per heavy atom. The number of likely N-dealkylation sites (tertiary alicyclic amines) is 1. The summed E-state index contributed by atoms with van der Waals surface area (Å²) < 4.78 is 5.03. The molecule has 2 aliphatic rings. The number of hydrogen-bond donors (Lipinski definition) is 0. The lowest BCUT2D eigenvalue weighted by atomic mass is 10.0. The molecule has 0 aromatic carbocycles. The maximum atomic E-state index is 12.7. The lowest BCUT2D eigenvalue weighted by Crippen LogP contribution is -2.39. The summed E-state index contributed by atoms with van der Waals surface area (Å²) >= 11 is 0. The Bertz CT molecular complexity index is 684. The van der Waals surface area contributed by atoms with Gasteiger partial charge >= 0.3 is 0 Å². The molecule has 22 heavy (non-hydrogen) atoms. The van der Waals surface area contributed by atoms with Crippen LogP contribution in [-0.2, 0) is 0 Å². The van der Waals surface area contributed by atoms with Crippen molar-refractivity contribution in [2.45, 2.75) is 19.4 Å². The molecule has 1 amide bonds. The van der Waals surface area contributed by atoms with Gasteiger partial charge in [0, 0.05) is 31.7 Å². The highest BCUT2D eigenvalue weighted by molar-refractivity contribution is 5.95. The number of fused-ring (bicyclic) bond motifs is 1. The Balaban J connectivity index is 1.54. The van der Waals surface area contributed by atoms with Gasteiger partial charge in [0.25, 0.3) is 5.91 Å². The van der Waals surface area contributed by atoms with Gasteiger partial charge in [0.2, 0.25) is 0 Å². The van der Waals surface area contributed by atoms with Crippen molar-refractivity contribution >= 4 is 11.7 Å². The third-order valence-electron chi connectivity index (χ3n) is 4.76. The first-order valence-corrected chi connectivity index (χ1v) is 7.62. The van der Waals surface area contributed by atoms with E-state index in [1.807, 2.05) is 29.3 Å². The number of nitrogens with zero attached hydrogens (tertiary/aromatic N) is 4. The largest absolute Gasteiger partial charge is 0.361 e. The molecule has 2 unspecified atom stereocenters. The third-order valence-corrected chi connectivity index (χ3v) is 4.76. The van der Waals surface area contributed by atoms with Crippen LogP contribution in [0.5, 0.6) is 0 Å². The fourth-order valence-electron chi connectivity index (χ4n) is 3.60. The summed E-state index contributed by atoms with van der Waals surface area (Å²) in [6.07, 6.45) is 4.38. The number of carbonyl (C=O) groups excluding carboxylic acids is 1. The van der Waals surface area contributed by atoms with E-state index >= 15 is 0 Å². The van der Waals surface area contributed by atoms with E-state index < -0.39 is 0 Å². The number of hydrogen-bond acceptors (Lipinski definition) is 5. The number of anilines is 1. The molecule has 0 radical (unpaired) electrons. The van der Waals surface area contributed by atoms with Gasteiger partial charge < -0.3 is 14.3 Å². The van der Waals surface area contributed by atoms with Crippen molar-refractivity contribution in [2.24, 2.45) is 5.92 Å². The molecular weight excluding hydrogens is 280 g/mol. The first-order chi connectivity index (χ1) is 10.7. The maximum Gasteiger partial charge on any atom is 0.259 e. The van der Waals surface area contributed by atoms with Crippen molar-refractivity contribution < 1.29 is 9.32 Å². The van der Waals surface area contributed by atoms with Gasteiger partial charge in [0.05, 0.1) is 12.2 Å². The zero-order valence-electron chi connectivity index (χ0n) is 12.5. The van der Waals surface area contributed by atoms with Gasteiger partial charge in [-0.3, -0.25) is 4.79 Å². The average molecular weight is 298 g/mol. The predicted molar refractivity (Wildman–Crippen MR) is 80.6 cm³/mol. The predicted octanol–water partition coefficient (Wildman–Crippen LogP) is 1.73. The van der Waals surface area contributed by atoms with Crippen molar-refractivity contribution in [3.8, 4) is 0 Å². The molecule has 114 valence electrons. The number of amides is 1. The Morgan fingerprint density at radius 2 is 2.27 bits per heavy atom. The minimum atomic E-state index is 0.0362. The highest BCUT2D eigenvalue weighted by Crippen LogP contribution is 2.34. The minimum absolute atomic E-state index is 0.0362. The zero-order chi connectivity index (χ0) is 15.1. The molecule has 0 bridgehead atoms. The van der Waals surface area contributed by atoms with Gasteiger partial charge in [-0.2, -0.15) is 0 Å². The molecular formula is C16H18N4O2. The minimum Gasteiger partial charge on any atom is -0.361 e. The molecule has 0 spiro atoms. The van der Waals surface area contributed by atoms with Gasteiger partial charge in [-0.1, -0.05) is 11.2 Å². The van der Waals surface area contributed by atoms with E-state index in [0.29, 0.717) is 17.2 Å². The fraction of sp³-hybridized carbons (Fsp3) is 0.438. The van der Waals surface area contributed by atoms with Crippen molar-refractivity contribution in [2.75, 3.05) is 24.5 Å². The van der Waals surface area contributed by atoms with Crippen LogP contribution < -0.4 is 4.90 Å². The average Bonchev–Trinajstić information content (AvgIpc) is 3.22. The summed E-state index contributed by atoms with van der Waals surface area (Å²) in [5, 5.41) is 3.72. The SMILES string of the molecule is Cc1oncc1C(=O)N1CCC2CN(c3ccccn3)CC21. The second-order valence-corrected chi connectivity index (χ2v) is 6.00. The van der Waals surface area contributed by atoms with Gasteiger partial charge in [-0.25, -0.2) is 4.98 Å². The summed E-state index contributed by atoms with van der Waals surface area (Å²) in [7, 11) is 0. The van der Waals surface area contributed by atoms with Crippen LogP contribution in [0.1, 0.15) is 22.5 Å². The smallest absolute Gasteiger partial charge is 0.259 e. The normalized spacial score (nSPS) is 23.9. The first-order valence-electron chi connectivity index (χ1n) is 7.62. The van der Waals surface area contributed by atoms with Crippen LogP contribution in [0, 0.1) is 12.8 Å². The maximum absolute atomic E-state index is 12.7. The van der Waals surface area contributed by atoms with Crippen LogP contribution in [0.25, 0.3) is 0 Å². The molecule has 2 atom stereocenters. The van der Waals surface area contributed by atoms with E-state index in [0.717, 1.165) is 31.9 Å². The molecule has 0 aliphatic carbocycles. The Kier molecular flexibility index (Phi) is 3.10. The second-order valence-electron chi connectivity index (χ2n) is 6.00. The summed E-state index contributed by atoms with van der Waals surface area (Å²) in [6.45, 7) is 4.41. The number of rotatable bonds is 2. The molecule has 4 heterocycles. The summed E-state index contributed by atoms with van der Waals surface area (Å²) in [5.74, 6) is 2.14. The standard InChI is InChI=1S/C16H18N4O2/c1-11-13(8-18-22-11)16(21)20-7-5-12-9-19(10-14(12)20)15-4-2-3-6-17-15/h2-4,6,8,12,14H,5,7,9-10H2,1H3. The second kappa shape index (κ2) is 5.12. The van der Waals surface area contributed by atoms with Crippen LogP contribution >= 0.6 is 0 Å². The van der Waals surface area contributed by atoms with Crippen molar-refractivity contribution in [1.29, 1.82) is 0 Å². The van der Waals surface area contributed by atoms with Crippen LogP contribution in [0.15, 0.2) is 35.1 Å². The van der Waals surface area contributed by atoms with Gasteiger partial charge in [-0.05, 0) is 25.5 Å². The molecule has 0 N–H and O–H groups in total. The molecule has 2 saturated heterocycles. The Labute approximate surface area is 128 Å². The van der Waals surface area contributed by atoms with E-state index in [1.165, 1.54) is 6.20 Å². The topological polar surface area (TPSA) is 62.5 Å². The molecule has 2 fully saturated rings. The van der Waals surface area contributed by atoms with Gasteiger partial charge in [0.1, 0.15) is 17.1 Å². The zero-order valence-corrected chi connectivity index (χ0v) is 12.5. The summed E-state index contributed by atoms with van der Waals surface area (Å²) in [4.78, 5) is 21.4. The highest BCUT2D eigenvalue weighted by atomic mass is 16.5. The lowest BCUT2D eigenvalue weighted by Gasteiger charge is -2.25. The first kappa shape index (κ1) is 13.3. The van der Waals surface area contributed by atoms with Crippen LogP contribution in [0.4, 0.5) is 5.82 Å². The van der Waals surface area contributed by atoms with Crippen molar-refractivity contribution in [3.63, 3.8) is 0 Å². The van der Waals surface area contributed by atoms with Gasteiger partial charge in [0.15, 0.2) is 0 Å². The number of aromatic nitrogens is 2. The number of carbonyl (C=O) groups is 1. The molecule has 4 rings (SSSR count). The third kappa shape index (κ3) is 2.06. The van der Waals surface area contributed by atoms with E-state index in [2.05, 4.69) is 15.0 Å². The van der Waals surface area contributed by atoms with Crippen molar-refractivity contribution in [1.82, 2.24) is 15.0 Å². The van der Waals surface area contributed by atoms with Gasteiger partial charge in [-0.15, -0.1) is 0 Å². The van der Waals surface area contributed by atoms with E-state index in [9.17, 15) is 4.79 Å². The highest BCUT2D eigenvalue weighted by Gasteiger charge is 2.44. The molecule has 6 heteroatoms. The van der Waals surface area contributed by atoms with Crippen LogP contribution in [0.2, 0.25) is 0 Å². The van der Waals surface area contributed by atoms with Crippen molar-refractivity contribution in [3.05, 3.63) is 41.9 Å². The fourth-order valence-corrected chi connectivity index (χ4v) is 3.60. The Morgan fingerprint density at radius 3 is 3.00 bits per heavy atom. The summed E-state index contributed by atoms with van der Waals surface area (Å²) in [6, 6.07) is 6.20. The molecule has 2 aliphatic heterocycles. The summed E-state index contributed by atoms with van der Waals surface area (Å²) in [5.41, 5.74) is 0.580. The molecule has 0 saturated carbocycles. The van der Waals surface area contributed by atoms with Crippen LogP contribution in [-0.4, -0.2) is 46.6 Å². The quantitative estimate of drug-likeness (QED) is 0.845. The molecule has 6 nitrogen and oxygen atoms in total. The van der Waals surface area contributed by atoms with Crippen LogP contribution in [0.3, 0.4) is 0 Å². The number of aryl methyl sites for hydroxylation is 1. The Hall–Kier alpha value is -2.37. The lowest BCUT2D eigenvalue weighted by molar-refractivity contribution is 0.0736. The monoisotopic (exact) mass is 298 g/mol. The van der Waals surface area contributed by atoms with E-state index in [-0.39, 0.29) is 11.9 Å². The molecule has 2 aromatic rings. The number of pyridine rings is 1. The van der Waals surface area contributed by atoms with E-state index in [4.69, 9.17) is 4.52 Å². The van der Waals surface area contributed by atoms with E-state index in [1.54, 1.807) is 6.92 Å².